The third kappa shape index (κ3) is 9.51. The molecule has 0 amide bonds. The molecule has 1 unspecified atom stereocenters. The summed E-state index contributed by atoms with van der Waals surface area (Å²) in [6.45, 7) is 11.5. The minimum atomic E-state index is -1.03. The maximum atomic E-state index is 10.6. The van der Waals surface area contributed by atoms with Crippen LogP contribution in [0.4, 0.5) is 0 Å². The number of unbranched alkanes of at least 4 members (excludes halogenated alkanes) is 4. The quantitative estimate of drug-likeness (QED) is 0.369. The van der Waals surface area contributed by atoms with Crippen LogP contribution in [0.5, 0.6) is 0 Å². The first-order valence-electron chi connectivity index (χ1n) is 11.5. The number of hydrogen-bond donors (Lipinski definition) is 1. The van der Waals surface area contributed by atoms with Gasteiger partial charge in [0, 0.05) is 26.4 Å². The summed E-state index contributed by atoms with van der Waals surface area (Å²) in [5, 5.41) is 10.6. The minimum Gasteiger partial charge on any atom is -0.379 e. The van der Waals surface area contributed by atoms with E-state index in [1.807, 2.05) is 0 Å². The normalized spacial score (nSPS) is 28.0. The fourth-order valence-corrected chi connectivity index (χ4v) is 3.13. The molecule has 28 heavy (non-hydrogen) atoms. The molecule has 0 bridgehead atoms. The second-order valence-corrected chi connectivity index (χ2v) is 7.56. The molecule has 0 saturated carbocycles. The first-order valence-corrected chi connectivity index (χ1v) is 11.5. The standard InChI is InChI=1S/C22H44O6/c1-5-9-13-24-17-18-19(25-14-10-6-2)20(26-15-11-7-3)21(22(23)28-18)27-16-12-8-4/h18-23H,5-17H2,1-4H3/t18-,19-,20+,21+,22?/m1/s1. The van der Waals surface area contributed by atoms with E-state index in [0.717, 1.165) is 51.4 Å². The molecule has 0 aromatic rings. The van der Waals surface area contributed by atoms with Gasteiger partial charge in [0.25, 0.3) is 0 Å². The van der Waals surface area contributed by atoms with Crippen LogP contribution < -0.4 is 0 Å². The summed E-state index contributed by atoms with van der Waals surface area (Å²) >= 11 is 0. The molecular weight excluding hydrogens is 360 g/mol. The molecule has 168 valence electrons. The van der Waals surface area contributed by atoms with Crippen molar-refractivity contribution in [3.05, 3.63) is 0 Å². The molecular formula is C22H44O6. The van der Waals surface area contributed by atoms with Gasteiger partial charge in [0.1, 0.15) is 24.4 Å². The van der Waals surface area contributed by atoms with Gasteiger partial charge < -0.3 is 28.8 Å². The summed E-state index contributed by atoms with van der Waals surface area (Å²) in [5.41, 5.74) is 0. The van der Waals surface area contributed by atoms with E-state index in [1.165, 1.54) is 0 Å². The first kappa shape index (κ1) is 25.8. The average Bonchev–Trinajstić information content (AvgIpc) is 2.69. The third-order valence-corrected chi connectivity index (χ3v) is 4.96. The molecule has 0 aliphatic carbocycles. The smallest absolute Gasteiger partial charge is 0.184 e. The number of ether oxygens (including phenoxy) is 5. The number of hydrogen-bond acceptors (Lipinski definition) is 6. The highest BCUT2D eigenvalue weighted by molar-refractivity contribution is 4.92. The Morgan fingerprint density at radius 2 is 1.11 bits per heavy atom. The van der Waals surface area contributed by atoms with Crippen LogP contribution in [0, 0.1) is 0 Å². The predicted molar refractivity (Wildman–Crippen MR) is 111 cm³/mol. The Bertz CT molecular complexity index is 354. The molecule has 1 fully saturated rings. The lowest BCUT2D eigenvalue weighted by molar-refractivity contribution is -0.312. The fraction of sp³-hybridized carbons (Fsp3) is 1.00. The molecule has 1 aliphatic rings. The molecule has 1 rings (SSSR count). The van der Waals surface area contributed by atoms with E-state index < -0.39 is 12.4 Å². The van der Waals surface area contributed by atoms with Gasteiger partial charge in [-0.25, -0.2) is 0 Å². The largest absolute Gasteiger partial charge is 0.379 e. The van der Waals surface area contributed by atoms with Crippen LogP contribution in [0.2, 0.25) is 0 Å². The summed E-state index contributed by atoms with van der Waals surface area (Å²) < 4.78 is 30.1. The number of rotatable bonds is 17. The zero-order valence-electron chi connectivity index (χ0n) is 18.6. The van der Waals surface area contributed by atoms with Gasteiger partial charge in [-0.05, 0) is 25.7 Å². The molecule has 0 radical (unpaired) electrons. The summed E-state index contributed by atoms with van der Waals surface area (Å²) in [4.78, 5) is 0. The van der Waals surface area contributed by atoms with Crippen LogP contribution in [0.25, 0.3) is 0 Å². The highest BCUT2D eigenvalue weighted by Crippen LogP contribution is 2.28. The van der Waals surface area contributed by atoms with Crippen LogP contribution >= 0.6 is 0 Å². The van der Waals surface area contributed by atoms with Crippen molar-refractivity contribution in [3.8, 4) is 0 Å². The maximum Gasteiger partial charge on any atom is 0.184 e. The molecule has 0 spiro atoms. The Kier molecular flexibility index (Phi) is 15.2. The van der Waals surface area contributed by atoms with Crippen molar-refractivity contribution in [2.75, 3.05) is 33.0 Å². The van der Waals surface area contributed by atoms with Crippen molar-refractivity contribution >= 4 is 0 Å². The maximum absolute atomic E-state index is 10.6. The SMILES string of the molecule is CCCCOC[C@H]1OC(O)[C@@H](OCCCC)[C@@H](OCCCC)[C@@H]1OCCCC. The lowest BCUT2D eigenvalue weighted by atomic mass is 9.98. The zero-order valence-corrected chi connectivity index (χ0v) is 18.6. The van der Waals surface area contributed by atoms with Crippen LogP contribution in [0.1, 0.15) is 79.1 Å². The van der Waals surface area contributed by atoms with Gasteiger partial charge in [0.05, 0.1) is 6.61 Å². The van der Waals surface area contributed by atoms with E-state index in [-0.39, 0.29) is 18.3 Å². The Hall–Kier alpha value is -0.240. The van der Waals surface area contributed by atoms with E-state index in [1.54, 1.807) is 0 Å². The number of aliphatic hydroxyl groups is 1. The highest BCUT2D eigenvalue weighted by Gasteiger charge is 2.47. The van der Waals surface area contributed by atoms with Gasteiger partial charge in [0.15, 0.2) is 6.29 Å². The first-order chi connectivity index (χ1) is 13.7. The molecule has 1 aliphatic heterocycles. The summed E-state index contributed by atoms with van der Waals surface area (Å²) in [6, 6.07) is 0. The Labute approximate surface area is 172 Å². The summed E-state index contributed by atoms with van der Waals surface area (Å²) in [7, 11) is 0. The molecule has 1 saturated heterocycles. The molecule has 5 atom stereocenters. The molecule has 0 aromatic heterocycles. The van der Waals surface area contributed by atoms with Crippen molar-refractivity contribution in [3.63, 3.8) is 0 Å². The zero-order chi connectivity index (χ0) is 20.6. The van der Waals surface area contributed by atoms with Crippen molar-refractivity contribution in [1.29, 1.82) is 0 Å². The van der Waals surface area contributed by atoms with Crippen LogP contribution in [-0.2, 0) is 23.7 Å². The van der Waals surface area contributed by atoms with Crippen molar-refractivity contribution < 1.29 is 28.8 Å². The second-order valence-electron chi connectivity index (χ2n) is 7.56. The lowest BCUT2D eigenvalue weighted by Crippen LogP contribution is -2.61. The lowest BCUT2D eigenvalue weighted by Gasteiger charge is -2.44. The summed E-state index contributed by atoms with van der Waals surface area (Å²) in [5.74, 6) is 0. The molecule has 1 N–H and O–H groups in total. The molecule has 0 aromatic carbocycles. The van der Waals surface area contributed by atoms with Crippen molar-refractivity contribution in [2.45, 2.75) is 110 Å². The number of aliphatic hydroxyl groups excluding tert-OH is 1. The van der Waals surface area contributed by atoms with Crippen molar-refractivity contribution in [1.82, 2.24) is 0 Å². The molecule has 6 heteroatoms. The predicted octanol–water partition coefficient (Wildman–Crippen LogP) is 4.08. The van der Waals surface area contributed by atoms with E-state index in [2.05, 4.69) is 27.7 Å². The second kappa shape index (κ2) is 16.5. The van der Waals surface area contributed by atoms with E-state index >= 15 is 0 Å². The topological polar surface area (TPSA) is 66.4 Å². The molecule has 1 heterocycles. The van der Waals surface area contributed by atoms with Gasteiger partial charge in [-0.3, -0.25) is 0 Å². The minimum absolute atomic E-state index is 0.306. The van der Waals surface area contributed by atoms with Gasteiger partial charge in [-0.2, -0.15) is 0 Å². The molecule has 6 nitrogen and oxygen atoms in total. The van der Waals surface area contributed by atoms with Crippen molar-refractivity contribution in [2.24, 2.45) is 0 Å². The highest BCUT2D eigenvalue weighted by atomic mass is 16.7. The fourth-order valence-electron chi connectivity index (χ4n) is 3.13. The van der Waals surface area contributed by atoms with E-state index in [0.29, 0.717) is 33.0 Å². The van der Waals surface area contributed by atoms with Gasteiger partial charge >= 0.3 is 0 Å². The Morgan fingerprint density at radius 3 is 1.64 bits per heavy atom. The van der Waals surface area contributed by atoms with Gasteiger partial charge in [-0.15, -0.1) is 0 Å². The van der Waals surface area contributed by atoms with Gasteiger partial charge in [0.2, 0.25) is 0 Å². The van der Waals surface area contributed by atoms with Crippen LogP contribution in [0.15, 0.2) is 0 Å². The van der Waals surface area contributed by atoms with Crippen LogP contribution in [0.3, 0.4) is 0 Å². The van der Waals surface area contributed by atoms with E-state index in [4.69, 9.17) is 23.7 Å². The third-order valence-electron chi connectivity index (χ3n) is 4.96. The van der Waals surface area contributed by atoms with E-state index in [9.17, 15) is 5.11 Å². The monoisotopic (exact) mass is 404 g/mol. The van der Waals surface area contributed by atoms with Gasteiger partial charge in [-0.1, -0.05) is 53.4 Å². The van der Waals surface area contributed by atoms with Crippen LogP contribution in [-0.4, -0.2) is 68.8 Å². The Balaban J connectivity index is 2.84. The Morgan fingerprint density at radius 1 is 0.643 bits per heavy atom. The summed E-state index contributed by atoms with van der Waals surface area (Å²) in [6.07, 6.45) is 5.53. The average molecular weight is 405 g/mol.